The van der Waals surface area contributed by atoms with E-state index in [-0.39, 0.29) is 18.1 Å². The van der Waals surface area contributed by atoms with Crippen LogP contribution in [-0.2, 0) is 26.1 Å². The van der Waals surface area contributed by atoms with E-state index in [1.165, 1.54) is 7.11 Å². The molecule has 0 aromatic heterocycles. The van der Waals surface area contributed by atoms with E-state index in [1.54, 1.807) is 36.4 Å². The van der Waals surface area contributed by atoms with Gasteiger partial charge >= 0.3 is 5.97 Å². The average Bonchev–Trinajstić information content (AvgIpc) is 2.72. The normalized spacial score (nSPS) is 12.1. The van der Waals surface area contributed by atoms with Crippen molar-refractivity contribution in [3.05, 3.63) is 70.8 Å². The van der Waals surface area contributed by atoms with E-state index in [0.29, 0.717) is 23.8 Å². The number of amides is 1. The van der Waals surface area contributed by atoms with E-state index in [2.05, 4.69) is 30.8 Å². The molecule has 0 aliphatic carbocycles. The molecule has 0 unspecified atom stereocenters. The lowest BCUT2D eigenvalue weighted by molar-refractivity contribution is -0.118. The van der Waals surface area contributed by atoms with Crippen LogP contribution in [0.3, 0.4) is 0 Å². The summed E-state index contributed by atoms with van der Waals surface area (Å²) in [4.78, 5) is 35.0. The Balaban J connectivity index is 1.85. The topological polar surface area (TPSA) is 81.7 Å². The highest BCUT2D eigenvalue weighted by molar-refractivity contribution is 5.94. The Kier molecular flexibility index (Phi) is 7.67. The highest BCUT2D eigenvalue weighted by Gasteiger charge is 2.15. The van der Waals surface area contributed by atoms with E-state index in [0.717, 1.165) is 11.1 Å². The van der Waals surface area contributed by atoms with Crippen LogP contribution in [0.4, 0.5) is 0 Å². The van der Waals surface area contributed by atoms with Gasteiger partial charge in [0.25, 0.3) is 5.91 Å². The maximum atomic E-state index is 12.2. The Hall–Kier alpha value is -2.99. The lowest BCUT2D eigenvalue weighted by Gasteiger charge is -2.19. The highest BCUT2D eigenvalue weighted by atomic mass is 16.5. The Bertz CT molecular complexity index is 835. The molecule has 0 spiro atoms. The number of carbonyl (C=O) groups is 3. The standard InChI is InChI=1S/C23H27NO5/c1-23(2,3)19-11-9-17(10-12-19)21(26)24-15-29-20(14-25)13-16-5-7-18(8-6-16)22(27)28-4/h5-12,14,20H,13,15H2,1-4H3,(H,24,26)/t20-/m0/s1. The van der Waals surface area contributed by atoms with Gasteiger partial charge in [-0.15, -0.1) is 0 Å². The summed E-state index contributed by atoms with van der Waals surface area (Å²) in [6, 6.07) is 14.1. The van der Waals surface area contributed by atoms with E-state index in [1.807, 2.05) is 12.1 Å². The first-order valence-electron chi connectivity index (χ1n) is 9.37. The number of esters is 1. The second-order valence-electron chi connectivity index (χ2n) is 7.71. The summed E-state index contributed by atoms with van der Waals surface area (Å²) >= 11 is 0. The SMILES string of the molecule is COC(=O)c1ccc(C[C@@H](C=O)OCNC(=O)c2ccc(C(C)(C)C)cc2)cc1. The van der Waals surface area contributed by atoms with Crippen LogP contribution in [0.15, 0.2) is 48.5 Å². The molecular weight excluding hydrogens is 370 g/mol. The van der Waals surface area contributed by atoms with Gasteiger partial charge in [-0.3, -0.25) is 4.79 Å². The molecule has 0 saturated heterocycles. The molecule has 1 N–H and O–H groups in total. The third-order valence-corrected chi connectivity index (χ3v) is 4.51. The van der Waals surface area contributed by atoms with Crippen LogP contribution in [0.5, 0.6) is 0 Å². The van der Waals surface area contributed by atoms with Crippen molar-refractivity contribution in [3.63, 3.8) is 0 Å². The average molecular weight is 397 g/mol. The van der Waals surface area contributed by atoms with Crippen LogP contribution in [0.2, 0.25) is 0 Å². The summed E-state index contributed by atoms with van der Waals surface area (Å²) in [6.45, 7) is 6.25. The van der Waals surface area contributed by atoms with Crippen molar-refractivity contribution < 1.29 is 23.9 Å². The number of methoxy groups -OCH3 is 1. The minimum Gasteiger partial charge on any atom is -0.465 e. The fourth-order valence-corrected chi connectivity index (χ4v) is 2.71. The number of rotatable bonds is 8. The summed E-state index contributed by atoms with van der Waals surface area (Å²) < 4.78 is 10.1. The van der Waals surface area contributed by atoms with Crippen LogP contribution in [0, 0.1) is 0 Å². The van der Waals surface area contributed by atoms with Crippen molar-refractivity contribution in [1.29, 1.82) is 0 Å². The zero-order valence-corrected chi connectivity index (χ0v) is 17.2. The van der Waals surface area contributed by atoms with Gasteiger partial charge < -0.3 is 19.6 Å². The Labute approximate surface area is 171 Å². The van der Waals surface area contributed by atoms with E-state index in [4.69, 9.17) is 4.74 Å². The lowest BCUT2D eigenvalue weighted by Crippen LogP contribution is -2.30. The van der Waals surface area contributed by atoms with Gasteiger partial charge in [-0.1, -0.05) is 45.0 Å². The van der Waals surface area contributed by atoms with Crippen LogP contribution >= 0.6 is 0 Å². The van der Waals surface area contributed by atoms with Gasteiger partial charge in [-0.05, 0) is 40.8 Å². The number of hydrogen-bond donors (Lipinski definition) is 1. The first-order valence-corrected chi connectivity index (χ1v) is 9.37. The molecule has 154 valence electrons. The Morgan fingerprint density at radius 3 is 2.10 bits per heavy atom. The molecule has 6 heteroatoms. The lowest BCUT2D eigenvalue weighted by atomic mass is 9.87. The molecule has 0 radical (unpaired) electrons. The zero-order chi connectivity index (χ0) is 21.4. The molecule has 0 bridgehead atoms. The molecule has 1 amide bonds. The van der Waals surface area contributed by atoms with Gasteiger partial charge in [-0.2, -0.15) is 0 Å². The van der Waals surface area contributed by atoms with Crippen LogP contribution in [0.25, 0.3) is 0 Å². The second kappa shape index (κ2) is 9.98. The van der Waals surface area contributed by atoms with Gasteiger partial charge in [0.1, 0.15) is 19.1 Å². The zero-order valence-electron chi connectivity index (χ0n) is 17.2. The highest BCUT2D eigenvalue weighted by Crippen LogP contribution is 2.22. The number of hydrogen-bond acceptors (Lipinski definition) is 5. The number of nitrogens with one attached hydrogen (secondary N) is 1. The smallest absolute Gasteiger partial charge is 0.337 e. The van der Waals surface area contributed by atoms with Crippen LogP contribution in [0.1, 0.15) is 52.6 Å². The Morgan fingerprint density at radius 1 is 1.00 bits per heavy atom. The van der Waals surface area contributed by atoms with Crippen LogP contribution in [-0.4, -0.2) is 38.1 Å². The van der Waals surface area contributed by atoms with Gasteiger partial charge in [0.2, 0.25) is 0 Å². The number of benzene rings is 2. The molecule has 0 aliphatic rings. The van der Waals surface area contributed by atoms with Gasteiger partial charge in [0, 0.05) is 12.0 Å². The first-order chi connectivity index (χ1) is 13.7. The maximum Gasteiger partial charge on any atom is 0.337 e. The van der Waals surface area contributed by atoms with Crippen molar-refractivity contribution in [1.82, 2.24) is 5.32 Å². The van der Waals surface area contributed by atoms with E-state index < -0.39 is 12.1 Å². The van der Waals surface area contributed by atoms with Gasteiger partial charge in [0.15, 0.2) is 0 Å². The minimum absolute atomic E-state index is 0.0182. The largest absolute Gasteiger partial charge is 0.465 e. The Morgan fingerprint density at radius 2 is 1.59 bits per heavy atom. The van der Waals surface area contributed by atoms with Gasteiger partial charge in [-0.25, -0.2) is 4.79 Å². The van der Waals surface area contributed by atoms with Crippen LogP contribution < -0.4 is 5.32 Å². The third kappa shape index (κ3) is 6.54. The predicted molar refractivity (Wildman–Crippen MR) is 110 cm³/mol. The quantitative estimate of drug-likeness (QED) is 0.420. The molecular formula is C23H27NO5. The summed E-state index contributed by atoms with van der Waals surface area (Å²) in [5.41, 5.74) is 2.96. The molecule has 1 atom stereocenters. The molecule has 0 fully saturated rings. The molecule has 2 aromatic rings. The molecule has 0 saturated carbocycles. The second-order valence-corrected chi connectivity index (χ2v) is 7.71. The first kappa shape index (κ1) is 22.3. The number of carbonyl (C=O) groups excluding carboxylic acids is 3. The minimum atomic E-state index is -0.706. The summed E-state index contributed by atoms with van der Waals surface area (Å²) in [5.74, 6) is -0.685. The van der Waals surface area contributed by atoms with E-state index >= 15 is 0 Å². The molecule has 0 aliphatic heterocycles. The number of aldehydes is 1. The summed E-state index contributed by atoms with van der Waals surface area (Å²) in [6.07, 6.45) is 0.321. The molecule has 0 heterocycles. The predicted octanol–water partition coefficient (Wildman–Crippen LogP) is 3.28. The summed E-state index contributed by atoms with van der Waals surface area (Å²) in [7, 11) is 1.32. The van der Waals surface area contributed by atoms with Gasteiger partial charge in [0.05, 0.1) is 12.7 Å². The number of ether oxygens (including phenoxy) is 2. The van der Waals surface area contributed by atoms with Crippen molar-refractivity contribution in [2.24, 2.45) is 0 Å². The fraction of sp³-hybridized carbons (Fsp3) is 0.348. The summed E-state index contributed by atoms with van der Waals surface area (Å²) in [5, 5.41) is 2.66. The third-order valence-electron chi connectivity index (χ3n) is 4.51. The molecule has 2 aromatic carbocycles. The molecule has 29 heavy (non-hydrogen) atoms. The maximum absolute atomic E-state index is 12.2. The molecule has 2 rings (SSSR count). The van der Waals surface area contributed by atoms with Crippen molar-refractivity contribution in [2.75, 3.05) is 13.8 Å². The monoisotopic (exact) mass is 397 g/mol. The van der Waals surface area contributed by atoms with Crippen molar-refractivity contribution in [2.45, 2.75) is 38.7 Å². The van der Waals surface area contributed by atoms with Crippen molar-refractivity contribution >= 4 is 18.2 Å². The van der Waals surface area contributed by atoms with E-state index in [9.17, 15) is 14.4 Å². The fourth-order valence-electron chi connectivity index (χ4n) is 2.71. The molecule has 6 nitrogen and oxygen atoms in total. The van der Waals surface area contributed by atoms with Crippen molar-refractivity contribution in [3.8, 4) is 0 Å².